The maximum Gasteiger partial charge on any atom is 0.172 e. The monoisotopic (exact) mass is 313 g/mol. The molecule has 4 heteroatoms. The van der Waals surface area contributed by atoms with Gasteiger partial charge < -0.3 is 9.84 Å². The first-order valence-electron chi connectivity index (χ1n) is 6.38. The number of benzene rings is 1. The first kappa shape index (κ1) is 13.7. The van der Waals surface area contributed by atoms with E-state index in [1.807, 2.05) is 12.1 Å². The molecule has 1 aromatic rings. The molecule has 3 nitrogen and oxygen atoms in total. The molecule has 0 saturated carbocycles. The summed E-state index contributed by atoms with van der Waals surface area (Å²) in [6.45, 7) is 5.53. The molecule has 1 aliphatic rings. The smallest absolute Gasteiger partial charge is 0.172 e. The maximum absolute atomic E-state index is 9.78. The highest BCUT2D eigenvalue weighted by Crippen LogP contribution is 2.35. The lowest BCUT2D eigenvalue weighted by atomic mass is 10.00. The maximum atomic E-state index is 9.78. The van der Waals surface area contributed by atoms with E-state index in [0.29, 0.717) is 10.2 Å². The van der Waals surface area contributed by atoms with Crippen molar-refractivity contribution in [3.63, 3.8) is 0 Å². The number of likely N-dealkylation sites (tertiary alicyclic amines) is 1. The molecule has 1 atom stereocenters. The quantitative estimate of drug-likeness (QED) is 0.928. The number of rotatable bonds is 3. The van der Waals surface area contributed by atoms with Crippen LogP contribution in [0.15, 0.2) is 16.6 Å². The summed E-state index contributed by atoms with van der Waals surface area (Å²) in [5, 5.41) is 9.78. The van der Waals surface area contributed by atoms with E-state index in [9.17, 15) is 5.11 Å². The Morgan fingerprint density at radius 1 is 1.50 bits per heavy atom. The summed E-state index contributed by atoms with van der Waals surface area (Å²) in [5.41, 5.74) is 1.17. The van der Waals surface area contributed by atoms with Crippen LogP contribution in [0.2, 0.25) is 0 Å². The third-order valence-electron chi connectivity index (χ3n) is 3.46. The molecule has 0 amide bonds. The van der Waals surface area contributed by atoms with Crippen LogP contribution in [0.1, 0.15) is 25.3 Å². The van der Waals surface area contributed by atoms with Gasteiger partial charge in [-0.1, -0.05) is 6.92 Å². The fraction of sp³-hybridized carbons (Fsp3) is 0.571. The van der Waals surface area contributed by atoms with Crippen LogP contribution in [0, 0.1) is 5.92 Å². The first-order valence-corrected chi connectivity index (χ1v) is 7.17. The van der Waals surface area contributed by atoms with Crippen LogP contribution in [-0.4, -0.2) is 30.2 Å². The summed E-state index contributed by atoms with van der Waals surface area (Å²) < 4.78 is 5.87. The molecule has 2 rings (SSSR count). The molecule has 0 bridgehead atoms. The van der Waals surface area contributed by atoms with Crippen molar-refractivity contribution in [2.24, 2.45) is 5.92 Å². The van der Waals surface area contributed by atoms with E-state index in [4.69, 9.17) is 4.74 Å². The molecule has 1 aromatic carbocycles. The predicted molar refractivity (Wildman–Crippen MR) is 76.0 cm³/mol. The zero-order valence-electron chi connectivity index (χ0n) is 10.9. The van der Waals surface area contributed by atoms with Gasteiger partial charge in [0.2, 0.25) is 0 Å². The minimum absolute atomic E-state index is 0.174. The third kappa shape index (κ3) is 3.18. The van der Waals surface area contributed by atoms with Gasteiger partial charge in [-0.2, -0.15) is 0 Å². The van der Waals surface area contributed by atoms with Crippen LogP contribution in [0.5, 0.6) is 11.5 Å². The fourth-order valence-electron chi connectivity index (χ4n) is 2.56. The van der Waals surface area contributed by atoms with Crippen LogP contribution in [0.4, 0.5) is 0 Å². The highest BCUT2D eigenvalue weighted by Gasteiger charge is 2.17. The molecule has 1 fully saturated rings. The minimum atomic E-state index is 0.174. The van der Waals surface area contributed by atoms with E-state index >= 15 is 0 Å². The van der Waals surface area contributed by atoms with Gasteiger partial charge in [-0.3, -0.25) is 4.90 Å². The Labute approximate surface area is 117 Å². The van der Waals surface area contributed by atoms with E-state index in [2.05, 4.69) is 27.8 Å². The first-order chi connectivity index (χ1) is 8.60. The van der Waals surface area contributed by atoms with Gasteiger partial charge in [0.05, 0.1) is 11.6 Å². The van der Waals surface area contributed by atoms with Crippen LogP contribution in [0.3, 0.4) is 0 Å². The lowest BCUT2D eigenvalue weighted by Crippen LogP contribution is -2.33. The van der Waals surface area contributed by atoms with E-state index in [0.717, 1.165) is 25.6 Å². The molecule has 1 saturated heterocycles. The molecular weight excluding hydrogens is 294 g/mol. The number of halogens is 1. The van der Waals surface area contributed by atoms with Crippen molar-refractivity contribution < 1.29 is 9.84 Å². The second kappa shape index (κ2) is 5.93. The number of hydrogen-bond donors (Lipinski definition) is 1. The van der Waals surface area contributed by atoms with Gasteiger partial charge in [0, 0.05) is 13.1 Å². The summed E-state index contributed by atoms with van der Waals surface area (Å²) in [6.07, 6.45) is 2.61. The highest BCUT2D eigenvalue weighted by atomic mass is 79.9. The zero-order chi connectivity index (χ0) is 13.1. The number of aromatic hydroxyl groups is 1. The summed E-state index contributed by atoms with van der Waals surface area (Å²) in [5.74, 6) is 1.49. The normalized spacial score (nSPS) is 20.9. The number of methoxy groups -OCH3 is 1. The molecule has 18 heavy (non-hydrogen) atoms. The van der Waals surface area contributed by atoms with Gasteiger partial charge in [-0.15, -0.1) is 0 Å². The molecular formula is C14H20BrNO2. The molecule has 1 heterocycles. The Morgan fingerprint density at radius 2 is 2.28 bits per heavy atom. The van der Waals surface area contributed by atoms with Crippen LogP contribution in [-0.2, 0) is 6.54 Å². The lowest BCUT2D eigenvalue weighted by molar-refractivity contribution is 0.176. The Hall–Kier alpha value is -0.740. The van der Waals surface area contributed by atoms with Crippen LogP contribution in [0.25, 0.3) is 0 Å². The van der Waals surface area contributed by atoms with Crippen molar-refractivity contribution in [2.75, 3.05) is 20.2 Å². The third-order valence-corrected chi connectivity index (χ3v) is 4.06. The summed E-state index contributed by atoms with van der Waals surface area (Å²) in [6, 6.07) is 3.89. The van der Waals surface area contributed by atoms with Crippen molar-refractivity contribution in [1.29, 1.82) is 0 Å². The average Bonchev–Trinajstić information content (AvgIpc) is 2.33. The summed E-state index contributed by atoms with van der Waals surface area (Å²) in [4.78, 5) is 2.46. The Morgan fingerprint density at radius 3 is 2.94 bits per heavy atom. The highest BCUT2D eigenvalue weighted by molar-refractivity contribution is 9.10. The van der Waals surface area contributed by atoms with Crippen LogP contribution >= 0.6 is 15.9 Å². The molecule has 100 valence electrons. The molecule has 0 aromatic heterocycles. The second-order valence-corrected chi connectivity index (χ2v) is 5.97. The van der Waals surface area contributed by atoms with E-state index in [-0.39, 0.29) is 5.75 Å². The number of nitrogens with zero attached hydrogens (tertiary/aromatic N) is 1. The van der Waals surface area contributed by atoms with Crippen molar-refractivity contribution in [2.45, 2.75) is 26.3 Å². The van der Waals surface area contributed by atoms with Gasteiger partial charge in [0.25, 0.3) is 0 Å². The largest absolute Gasteiger partial charge is 0.503 e. The van der Waals surface area contributed by atoms with Gasteiger partial charge >= 0.3 is 0 Å². The molecule has 0 aliphatic carbocycles. The van der Waals surface area contributed by atoms with Gasteiger partial charge in [-0.05, 0) is 58.9 Å². The number of phenolic OH excluding ortho intramolecular Hbond substituents is 1. The Balaban J connectivity index is 2.11. The molecule has 1 N–H and O–H groups in total. The van der Waals surface area contributed by atoms with Crippen molar-refractivity contribution >= 4 is 15.9 Å². The van der Waals surface area contributed by atoms with E-state index in [1.165, 1.54) is 18.4 Å². The standard InChI is InChI=1S/C14H20BrNO2/c1-10-4-3-5-16(8-10)9-11-6-12(15)14(17)13(7-11)18-2/h6-7,10,17H,3-5,8-9H2,1-2H3/t10-/m0/s1. The second-order valence-electron chi connectivity index (χ2n) is 5.11. The van der Waals surface area contributed by atoms with E-state index in [1.54, 1.807) is 7.11 Å². The van der Waals surface area contributed by atoms with Gasteiger partial charge in [0.1, 0.15) is 0 Å². The van der Waals surface area contributed by atoms with Crippen molar-refractivity contribution in [1.82, 2.24) is 4.90 Å². The average molecular weight is 314 g/mol. The SMILES string of the molecule is COc1cc(CN2CCC[C@H](C)C2)cc(Br)c1O. The Bertz CT molecular complexity index is 423. The van der Waals surface area contributed by atoms with Crippen molar-refractivity contribution in [3.8, 4) is 11.5 Å². The molecule has 0 spiro atoms. The summed E-state index contributed by atoms with van der Waals surface area (Å²) in [7, 11) is 1.58. The van der Waals surface area contributed by atoms with Gasteiger partial charge in [-0.25, -0.2) is 0 Å². The number of ether oxygens (including phenoxy) is 1. The number of piperidine rings is 1. The fourth-order valence-corrected chi connectivity index (χ4v) is 3.05. The minimum Gasteiger partial charge on any atom is -0.503 e. The zero-order valence-corrected chi connectivity index (χ0v) is 12.5. The number of phenols is 1. The predicted octanol–water partition coefficient (Wildman–Crippen LogP) is 3.40. The molecule has 1 aliphatic heterocycles. The number of hydrogen-bond acceptors (Lipinski definition) is 3. The topological polar surface area (TPSA) is 32.7 Å². The Kier molecular flexibility index (Phi) is 4.51. The summed E-state index contributed by atoms with van der Waals surface area (Å²) >= 11 is 3.37. The van der Waals surface area contributed by atoms with Crippen LogP contribution < -0.4 is 4.74 Å². The molecule has 0 unspecified atom stereocenters. The van der Waals surface area contributed by atoms with E-state index < -0.39 is 0 Å². The molecule has 0 radical (unpaired) electrons. The van der Waals surface area contributed by atoms with Gasteiger partial charge in [0.15, 0.2) is 11.5 Å². The lowest BCUT2D eigenvalue weighted by Gasteiger charge is -2.31. The van der Waals surface area contributed by atoms with Crippen molar-refractivity contribution in [3.05, 3.63) is 22.2 Å².